The van der Waals surface area contributed by atoms with Crippen molar-refractivity contribution in [3.05, 3.63) is 63.1 Å². The number of fused-ring (bicyclic) bond motifs is 1. The minimum absolute atomic E-state index is 0.0115. The fourth-order valence-electron chi connectivity index (χ4n) is 3.15. The van der Waals surface area contributed by atoms with Gasteiger partial charge in [0, 0.05) is 28.7 Å². The van der Waals surface area contributed by atoms with Crippen LogP contribution < -0.4 is 4.74 Å². The van der Waals surface area contributed by atoms with Crippen LogP contribution >= 0.6 is 15.9 Å². The zero-order valence-electron chi connectivity index (χ0n) is 13.4. The molecule has 1 aliphatic heterocycles. The van der Waals surface area contributed by atoms with E-state index in [2.05, 4.69) is 15.9 Å². The summed E-state index contributed by atoms with van der Waals surface area (Å²) < 4.78 is 34.7. The molecule has 130 valence electrons. The number of hydrogen-bond acceptors (Lipinski definition) is 3. The maximum atomic E-state index is 14.6. The zero-order valence-corrected chi connectivity index (χ0v) is 15.0. The molecular formula is C19H16BrF2NO2. The Morgan fingerprint density at radius 2 is 1.92 bits per heavy atom. The van der Waals surface area contributed by atoms with Gasteiger partial charge in [0.2, 0.25) is 0 Å². The summed E-state index contributed by atoms with van der Waals surface area (Å²) in [6, 6.07) is 8.09. The van der Waals surface area contributed by atoms with Crippen molar-refractivity contribution in [3.8, 4) is 5.75 Å². The molecule has 1 aliphatic carbocycles. The van der Waals surface area contributed by atoms with Crippen molar-refractivity contribution in [3.63, 3.8) is 0 Å². The van der Waals surface area contributed by atoms with E-state index in [9.17, 15) is 13.6 Å². The normalized spacial score (nSPS) is 17.8. The lowest BCUT2D eigenvalue weighted by Crippen LogP contribution is -2.29. The lowest BCUT2D eigenvalue weighted by atomic mass is 10.1. The van der Waals surface area contributed by atoms with E-state index in [0.717, 1.165) is 18.4 Å². The Bertz CT molecular complexity index is 852. The first-order valence-corrected chi connectivity index (χ1v) is 8.98. The van der Waals surface area contributed by atoms with Crippen LogP contribution in [0.3, 0.4) is 0 Å². The van der Waals surface area contributed by atoms with E-state index < -0.39 is 5.97 Å². The van der Waals surface area contributed by atoms with Gasteiger partial charge in [-0.15, -0.1) is 0 Å². The molecule has 2 aliphatic rings. The van der Waals surface area contributed by atoms with Crippen LogP contribution in [0.5, 0.6) is 5.75 Å². The molecule has 3 nitrogen and oxygen atoms in total. The van der Waals surface area contributed by atoms with Crippen LogP contribution in [0.1, 0.15) is 35.4 Å². The third-order valence-corrected chi connectivity index (χ3v) is 5.09. The highest BCUT2D eigenvalue weighted by atomic mass is 79.9. The molecule has 2 aromatic carbocycles. The van der Waals surface area contributed by atoms with Gasteiger partial charge in [0.15, 0.2) is 0 Å². The average Bonchev–Trinajstić information content (AvgIpc) is 3.37. The number of nitrogens with zero attached hydrogens (tertiary/aromatic N) is 1. The van der Waals surface area contributed by atoms with Gasteiger partial charge < -0.3 is 4.74 Å². The Morgan fingerprint density at radius 3 is 2.64 bits per heavy atom. The number of halogens is 3. The second-order valence-corrected chi connectivity index (χ2v) is 7.52. The second-order valence-electron chi connectivity index (χ2n) is 6.61. The molecule has 0 aromatic heterocycles. The number of hydrogen-bond donors (Lipinski definition) is 0. The number of esters is 1. The summed E-state index contributed by atoms with van der Waals surface area (Å²) in [6.07, 6.45) is 2.09. The summed E-state index contributed by atoms with van der Waals surface area (Å²) >= 11 is 3.22. The van der Waals surface area contributed by atoms with Gasteiger partial charge in [0.05, 0.1) is 6.54 Å². The third-order valence-electron chi connectivity index (χ3n) is 4.59. The molecule has 1 fully saturated rings. The fourth-order valence-corrected chi connectivity index (χ4v) is 3.48. The molecule has 0 spiro atoms. The van der Waals surface area contributed by atoms with Crippen molar-refractivity contribution < 1.29 is 18.3 Å². The van der Waals surface area contributed by atoms with Crippen molar-refractivity contribution in [2.75, 3.05) is 6.54 Å². The Balaban J connectivity index is 1.62. The van der Waals surface area contributed by atoms with Gasteiger partial charge in [0.1, 0.15) is 17.4 Å². The molecular weight excluding hydrogens is 392 g/mol. The van der Waals surface area contributed by atoms with Crippen LogP contribution in [0.25, 0.3) is 0 Å². The largest absolute Gasteiger partial charge is 0.425 e. The molecule has 0 unspecified atom stereocenters. The number of rotatable bonds is 3. The fraction of sp³-hybridized carbons (Fsp3) is 0.316. The number of carbonyl (C=O) groups is 1. The summed E-state index contributed by atoms with van der Waals surface area (Å²) in [5, 5.41) is 0. The minimum Gasteiger partial charge on any atom is -0.425 e. The topological polar surface area (TPSA) is 29.5 Å². The van der Waals surface area contributed by atoms with Crippen molar-refractivity contribution in [1.82, 2.24) is 4.90 Å². The van der Waals surface area contributed by atoms with Crippen LogP contribution in [0.4, 0.5) is 8.78 Å². The van der Waals surface area contributed by atoms with Gasteiger partial charge in [0.25, 0.3) is 0 Å². The highest BCUT2D eigenvalue weighted by Gasteiger charge is 2.29. The highest BCUT2D eigenvalue weighted by Crippen LogP contribution is 2.43. The summed E-state index contributed by atoms with van der Waals surface area (Å²) in [4.78, 5) is 13.8. The molecule has 0 radical (unpaired) electrons. The molecule has 0 amide bonds. The molecule has 2 aromatic rings. The molecule has 1 saturated carbocycles. The maximum Gasteiger partial charge on any atom is 0.325 e. The predicted octanol–water partition coefficient (Wildman–Crippen LogP) is 4.53. The lowest BCUT2D eigenvalue weighted by molar-refractivity contribution is -0.135. The Hall–Kier alpha value is -1.79. The lowest BCUT2D eigenvalue weighted by Gasteiger charge is -2.19. The molecule has 1 heterocycles. The number of carbonyl (C=O) groups excluding carboxylic acids is 1. The van der Waals surface area contributed by atoms with E-state index in [4.69, 9.17) is 4.74 Å². The van der Waals surface area contributed by atoms with Gasteiger partial charge in [-0.05, 0) is 48.6 Å². The number of benzene rings is 2. The first-order valence-electron chi connectivity index (χ1n) is 8.19. The smallest absolute Gasteiger partial charge is 0.325 e. The van der Waals surface area contributed by atoms with Crippen LogP contribution in [-0.2, 0) is 17.9 Å². The van der Waals surface area contributed by atoms with Gasteiger partial charge in [-0.1, -0.05) is 22.0 Å². The standard InChI is InChI=1S/C19H16BrF2NO2/c20-14-4-3-12(16(21)7-14)8-23-9-15-17(22)5-13(11-1-2-11)6-18(15)25-19(24)10-23/h3-7,11H,1-2,8-10H2. The van der Waals surface area contributed by atoms with E-state index in [1.54, 1.807) is 23.1 Å². The predicted molar refractivity (Wildman–Crippen MR) is 92.2 cm³/mol. The molecule has 0 saturated heterocycles. The molecule has 25 heavy (non-hydrogen) atoms. The Labute approximate surface area is 152 Å². The van der Waals surface area contributed by atoms with Gasteiger partial charge in [-0.2, -0.15) is 0 Å². The van der Waals surface area contributed by atoms with Crippen LogP contribution in [0, 0.1) is 11.6 Å². The monoisotopic (exact) mass is 407 g/mol. The summed E-state index contributed by atoms with van der Waals surface area (Å²) in [5.74, 6) is -0.517. The molecule has 0 atom stereocenters. The molecule has 0 bridgehead atoms. The van der Waals surface area contributed by atoms with E-state index in [1.807, 2.05) is 0 Å². The van der Waals surface area contributed by atoms with E-state index in [0.29, 0.717) is 27.3 Å². The van der Waals surface area contributed by atoms with E-state index in [-0.39, 0.29) is 31.3 Å². The number of ether oxygens (including phenoxy) is 1. The zero-order chi connectivity index (χ0) is 17.6. The average molecular weight is 408 g/mol. The van der Waals surface area contributed by atoms with Crippen molar-refractivity contribution in [2.45, 2.75) is 31.8 Å². The van der Waals surface area contributed by atoms with Crippen molar-refractivity contribution >= 4 is 21.9 Å². The first-order chi connectivity index (χ1) is 12.0. The quantitative estimate of drug-likeness (QED) is 0.553. The van der Waals surface area contributed by atoms with Crippen LogP contribution in [0.15, 0.2) is 34.8 Å². The summed E-state index contributed by atoms with van der Waals surface area (Å²) in [5.41, 5.74) is 1.69. The first kappa shape index (κ1) is 16.7. The van der Waals surface area contributed by atoms with Crippen LogP contribution in [0.2, 0.25) is 0 Å². The van der Waals surface area contributed by atoms with E-state index >= 15 is 0 Å². The van der Waals surface area contributed by atoms with E-state index in [1.165, 1.54) is 12.1 Å². The third kappa shape index (κ3) is 3.60. The molecule has 4 rings (SSSR count). The second kappa shape index (κ2) is 6.50. The van der Waals surface area contributed by atoms with Gasteiger partial charge >= 0.3 is 5.97 Å². The molecule has 0 N–H and O–H groups in total. The van der Waals surface area contributed by atoms with Gasteiger partial charge in [-0.3, -0.25) is 9.69 Å². The SMILES string of the molecule is O=C1CN(Cc2ccc(Br)cc2F)Cc2c(F)cc(C3CC3)cc2O1. The Kier molecular flexibility index (Phi) is 4.33. The van der Waals surface area contributed by atoms with Crippen molar-refractivity contribution in [2.24, 2.45) is 0 Å². The summed E-state index contributed by atoms with van der Waals surface area (Å²) in [7, 11) is 0. The maximum absolute atomic E-state index is 14.6. The van der Waals surface area contributed by atoms with Crippen molar-refractivity contribution in [1.29, 1.82) is 0 Å². The minimum atomic E-state index is -0.455. The molecule has 6 heteroatoms. The van der Waals surface area contributed by atoms with Gasteiger partial charge in [-0.25, -0.2) is 8.78 Å². The highest BCUT2D eigenvalue weighted by molar-refractivity contribution is 9.10. The van der Waals surface area contributed by atoms with Crippen LogP contribution in [-0.4, -0.2) is 17.4 Å². The Morgan fingerprint density at radius 1 is 1.12 bits per heavy atom. The summed E-state index contributed by atoms with van der Waals surface area (Å²) in [6.45, 7) is 0.396.